The van der Waals surface area contributed by atoms with Crippen LogP contribution >= 0.6 is 15.9 Å². The zero-order valence-electron chi connectivity index (χ0n) is 7.48. The maximum atomic E-state index is 11.3. The first-order valence-corrected chi connectivity index (χ1v) is 4.60. The van der Waals surface area contributed by atoms with Crippen LogP contribution in [0.3, 0.4) is 0 Å². The van der Waals surface area contributed by atoms with Crippen molar-refractivity contribution in [1.82, 2.24) is 5.32 Å². The monoisotopic (exact) mass is 234 g/mol. The maximum absolute atomic E-state index is 11.3. The highest BCUT2D eigenvalue weighted by Crippen LogP contribution is 2.05. The van der Waals surface area contributed by atoms with Crippen LogP contribution in [0.2, 0.25) is 0 Å². The zero-order chi connectivity index (χ0) is 9.78. The van der Waals surface area contributed by atoms with Gasteiger partial charge in [-0.05, 0) is 13.3 Å². The van der Waals surface area contributed by atoms with Gasteiger partial charge in [0, 0.05) is 11.0 Å². The van der Waals surface area contributed by atoms with Gasteiger partial charge in [0.15, 0.2) is 0 Å². The second-order valence-electron chi connectivity index (χ2n) is 2.97. The number of carbonyl (C=O) groups excluding carboxylic acids is 1. The molecule has 1 unspecified atom stereocenters. The zero-order valence-corrected chi connectivity index (χ0v) is 9.07. The van der Waals surface area contributed by atoms with Crippen molar-refractivity contribution in [2.24, 2.45) is 5.73 Å². The highest BCUT2D eigenvalue weighted by molar-refractivity contribution is 9.11. The second-order valence-corrected chi connectivity index (χ2v) is 4.09. The Hall–Kier alpha value is -0.350. The van der Waals surface area contributed by atoms with E-state index in [-0.39, 0.29) is 5.91 Å². The molecule has 0 fully saturated rings. The Bertz CT molecular complexity index is 189. The maximum Gasteiger partial charge on any atom is 0.240 e. The molecule has 3 N–H and O–H groups in total. The van der Waals surface area contributed by atoms with E-state index < -0.39 is 5.54 Å². The Morgan fingerprint density at radius 2 is 2.25 bits per heavy atom. The molecule has 0 rings (SSSR count). The minimum Gasteiger partial charge on any atom is -0.350 e. The normalized spacial score (nSPS) is 15.0. The standard InChI is InChI=1S/C8H15BrN2O/c1-4-8(3,10)7(12)11-5-6(2)9/h2,4-5,10H2,1,3H3,(H,11,12). The van der Waals surface area contributed by atoms with E-state index >= 15 is 0 Å². The number of rotatable bonds is 4. The van der Waals surface area contributed by atoms with Gasteiger partial charge in [-0.3, -0.25) is 4.79 Å². The van der Waals surface area contributed by atoms with Crippen LogP contribution in [-0.4, -0.2) is 18.0 Å². The van der Waals surface area contributed by atoms with Crippen molar-refractivity contribution in [3.63, 3.8) is 0 Å². The number of halogens is 1. The number of nitrogens with two attached hydrogens (primary N) is 1. The minimum absolute atomic E-state index is 0.148. The van der Waals surface area contributed by atoms with Crippen molar-refractivity contribution in [1.29, 1.82) is 0 Å². The molecule has 0 saturated carbocycles. The summed E-state index contributed by atoms with van der Waals surface area (Å²) in [7, 11) is 0. The van der Waals surface area contributed by atoms with Gasteiger partial charge in [0.2, 0.25) is 5.91 Å². The molecule has 0 aromatic carbocycles. The second kappa shape index (κ2) is 4.62. The van der Waals surface area contributed by atoms with Gasteiger partial charge >= 0.3 is 0 Å². The highest BCUT2D eigenvalue weighted by Gasteiger charge is 2.25. The van der Waals surface area contributed by atoms with Crippen LogP contribution in [0.15, 0.2) is 11.1 Å². The lowest BCUT2D eigenvalue weighted by atomic mass is 10.00. The Morgan fingerprint density at radius 3 is 2.58 bits per heavy atom. The Morgan fingerprint density at radius 1 is 1.75 bits per heavy atom. The molecule has 0 spiro atoms. The molecule has 0 bridgehead atoms. The average Bonchev–Trinajstić information content (AvgIpc) is 2.00. The fraction of sp³-hybridized carbons (Fsp3) is 0.625. The summed E-state index contributed by atoms with van der Waals surface area (Å²) in [5.74, 6) is -0.148. The molecule has 4 heteroatoms. The Labute approximate surface area is 81.5 Å². The molecule has 70 valence electrons. The summed E-state index contributed by atoms with van der Waals surface area (Å²) in [6.45, 7) is 7.60. The first-order chi connectivity index (χ1) is 5.40. The molecule has 0 saturated heterocycles. The van der Waals surface area contributed by atoms with Crippen molar-refractivity contribution in [3.05, 3.63) is 11.1 Å². The van der Waals surface area contributed by atoms with Crippen molar-refractivity contribution in [3.8, 4) is 0 Å². The molecule has 0 radical (unpaired) electrons. The van der Waals surface area contributed by atoms with Crippen LogP contribution in [0.5, 0.6) is 0 Å². The van der Waals surface area contributed by atoms with E-state index in [0.29, 0.717) is 13.0 Å². The first kappa shape index (κ1) is 11.6. The topological polar surface area (TPSA) is 55.1 Å². The number of hydrogen-bond donors (Lipinski definition) is 2. The van der Waals surface area contributed by atoms with Gasteiger partial charge in [-0.25, -0.2) is 0 Å². The van der Waals surface area contributed by atoms with Crippen molar-refractivity contribution >= 4 is 21.8 Å². The summed E-state index contributed by atoms with van der Waals surface area (Å²) >= 11 is 3.14. The van der Waals surface area contributed by atoms with Gasteiger partial charge < -0.3 is 11.1 Å². The number of amides is 1. The van der Waals surface area contributed by atoms with E-state index in [1.54, 1.807) is 6.92 Å². The van der Waals surface area contributed by atoms with Gasteiger partial charge in [0.05, 0.1) is 5.54 Å². The smallest absolute Gasteiger partial charge is 0.240 e. The highest BCUT2D eigenvalue weighted by atomic mass is 79.9. The van der Waals surface area contributed by atoms with E-state index in [4.69, 9.17) is 5.73 Å². The van der Waals surface area contributed by atoms with Crippen molar-refractivity contribution in [2.45, 2.75) is 25.8 Å². The summed E-state index contributed by atoms with van der Waals surface area (Å²) in [6.07, 6.45) is 0.619. The molecule has 1 amide bonds. The van der Waals surface area contributed by atoms with Crippen molar-refractivity contribution in [2.75, 3.05) is 6.54 Å². The SMILES string of the molecule is C=C(Br)CNC(=O)C(C)(N)CC. The number of carbonyl (C=O) groups is 1. The van der Waals surface area contributed by atoms with Gasteiger partial charge in [0.1, 0.15) is 0 Å². The molecule has 0 aliphatic carbocycles. The fourth-order valence-corrected chi connectivity index (χ4v) is 0.679. The molecule has 1 atom stereocenters. The predicted molar refractivity (Wildman–Crippen MR) is 54.0 cm³/mol. The molecule has 0 aromatic heterocycles. The summed E-state index contributed by atoms with van der Waals surface area (Å²) < 4.78 is 0.739. The third kappa shape index (κ3) is 3.88. The lowest BCUT2D eigenvalue weighted by molar-refractivity contribution is -0.125. The molecular weight excluding hydrogens is 220 g/mol. The van der Waals surface area contributed by atoms with Crippen LogP contribution in [0, 0.1) is 0 Å². The molecule has 0 aliphatic rings. The third-order valence-corrected chi connectivity index (χ3v) is 1.97. The largest absolute Gasteiger partial charge is 0.350 e. The summed E-state index contributed by atoms with van der Waals surface area (Å²) in [5, 5.41) is 2.66. The fourth-order valence-electron chi connectivity index (χ4n) is 0.539. The van der Waals surface area contributed by atoms with Crippen LogP contribution < -0.4 is 11.1 Å². The number of hydrogen-bond acceptors (Lipinski definition) is 2. The molecule has 0 heterocycles. The predicted octanol–water partition coefficient (Wildman–Crippen LogP) is 1.14. The molecule has 3 nitrogen and oxygen atoms in total. The lowest BCUT2D eigenvalue weighted by Gasteiger charge is -2.21. The van der Waals surface area contributed by atoms with E-state index in [9.17, 15) is 4.79 Å². The quantitative estimate of drug-likeness (QED) is 0.767. The van der Waals surface area contributed by atoms with Gasteiger partial charge in [-0.1, -0.05) is 29.4 Å². The summed E-state index contributed by atoms with van der Waals surface area (Å²) in [6, 6.07) is 0. The van der Waals surface area contributed by atoms with E-state index in [0.717, 1.165) is 4.48 Å². The number of nitrogens with one attached hydrogen (secondary N) is 1. The van der Waals surface area contributed by atoms with Crippen molar-refractivity contribution < 1.29 is 4.79 Å². The average molecular weight is 235 g/mol. The molecule has 0 aliphatic heterocycles. The van der Waals surface area contributed by atoms with Crippen LogP contribution in [0.4, 0.5) is 0 Å². The van der Waals surface area contributed by atoms with Gasteiger partial charge in [-0.15, -0.1) is 0 Å². The van der Waals surface area contributed by atoms with Gasteiger partial charge in [-0.2, -0.15) is 0 Å². The Balaban J connectivity index is 3.96. The van der Waals surface area contributed by atoms with E-state index in [1.165, 1.54) is 0 Å². The molecule has 12 heavy (non-hydrogen) atoms. The van der Waals surface area contributed by atoms with E-state index in [2.05, 4.69) is 27.8 Å². The van der Waals surface area contributed by atoms with E-state index in [1.807, 2.05) is 6.92 Å². The molecular formula is C8H15BrN2O. The van der Waals surface area contributed by atoms with Gasteiger partial charge in [0.25, 0.3) is 0 Å². The third-order valence-electron chi connectivity index (χ3n) is 1.69. The summed E-state index contributed by atoms with van der Waals surface area (Å²) in [4.78, 5) is 11.3. The lowest BCUT2D eigenvalue weighted by Crippen LogP contribution is -2.51. The van der Waals surface area contributed by atoms with Crippen LogP contribution in [0.25, 0.3) is 0 Å². The van der Waals surface area contributed by atoms with Crippen LogP contribution in [0.1, 0.15) is 20.3 Å². The van der Waals surface area contributed by atoms with Crippen LogP contribution in [-0.2, 0) is 4.79 Å². The first-order valence-electron chi connectivity index (χ1n) is 3.80. The Kier molecular flexibility index (Phi) is 4.49. The molecule has 0 aromatic rings. The summed E-state index contributed by atoms with van der Waals surface area (Å²) in [5.41, 5.74) is 4.91. The minimum atomic E-state index is -0.775.